The van der Waals surface area contributed by atoms with E-state index in [2.05, 4.69) is 62.3 Å². The molecule has 0 amide bonds. The van der Waals surface area contributed by atoms with Crippen LogP contribution in [0.15, 0.2) is 170 Å². The summed E-state index contributed by atoms with van der Waals surface area (Å²) in [5.41, 5.74) is 5.16. The highest BCUT2D eigenvalue weighted by Gasteiger charge is 2.27. The number of nitriles is 1. The van der Waals surface area contributed by atoms with Crippen molar-refractivity contribution in [2.75, 3.05) is 9.80 Å². The molecule has 10 heteroatoms. The lowest BCUT2D eigenvalue weighted by atomic mass is 9.91. The molecule has 4 nitrogen and oxygen atoms in total. The number of halogens is 4. The fourth-order valence-corrected chi connectivity index (χ4v) is 11.9. The Morgan fingerprint density at radius 1 is 0.457 bits per heavy atom. The summed E-state index contributed by atoms with van der Waals surface area (Å²) in [4.78, 5) is 7.15. The molecule has 0 spiro atoms. The van der Waals surface area contributed by atoms with Crippen molar-refractivity contribution in [3.05, 3.63) is 210 Å². The monoisotopic (exact) mass is 954 g/mol. The van der Waals surface area contributed by atoms with Crippen molar-refractivity contribution in [2.45, 2.75) is 39.3 Å². The molecule has 0 saturated heterocycles. The van der Waals surface area contributed by atoms with Gasteiger partial charge < -0.3 is 9.80 Å². The average Bonchev–Trinajstić information content (AvgIpc) is 3.35. The van der Waals surface area contributed by atoms with E-state index in [0.717, 1.165) is 54.8 Å². The molecule has 0 fully saturated rings. The minimum atomic E-state index is -1.80. The van der Waals surface area contributed by atoms with Gasteiger partial charge in [-0.15, -0.1) is 0 Å². The van der Waals surface area contributed by atoms with Crippen molar-refractivity contribution >= 4 is 98.7 Å². The summed E-state index contributed by atoms with van der Waals surface area (Å²) in [7, 11) is -3.60. The predicted molar refractivity (Wildman–Crippen MR) is 287 cm³/mol. The van der Waals surface area contributed by atoms with Crippen LogP contribution in [-0.2, 0) is 0 Å². The molecule has 0 aromatic heterocycles. The zero-order chi connectivity index (χ0) is 49.2. The van der Waals surface area contributed by atoms with E-state index in [1.807, 2.05) is 84.9 Å². The van der Waals surface area contributed by atoms with Crippen LogP contribution >= 0.6 is 0 Å². The SMILES string of the molecule is [C-]#[N+]c1ccc(N(c2cc(-c3cccc([Si](C)(C)C)c3)c(F)cc2F)c2ccc3ccc4c(N(c5ccc(C#N)cc5)c5cc(-c6cccc([Si](C)(C)C)c6)c(F)cc5F)ccc5ccc2c3c54)cc1. The molecule has 0 aliphatic rings. The summed E-state index contributed by atoms with van der Waals surface area (Å²) in [6.07, 6.45) is 0. The lowest BCUT2D eigenvalue weighted by Crippen LogP contribution is -2.37. The topological polar surface area (TPSA) is 34.6 Å². The second-order valence-electron chi connectivity index (χ2n) is 19.8. The maximum Gasteiger partial charge on any atom is 0.187 e. The van der Waals surface area contributed by atoms with Crippen molar-refractivity contribution in [2.24, 2.45) is 0 Å². The molecule has 0 atom stereocenters. The first-order chi connectivity index (χ1) is 33.5. The predicted octanol–water partition coefficient (Wildman–Crippen LogP) is 16.9. The first-order valence-corrected chi connectivity index (χ1v) is 30.0. The van der Waals surface area contributed by atoms with Crippen LogP contribution in [0.2, 0.25) is 39.3 Å². The summed E-state index contributed by atoms with van der Waals surface area (Å²) in [5, 5.41) is 17.0. The van der Waals surface area contributed by atoms with Gasteiger partial charge in [-0.2, -0.15) is 5.26 Å². The zero-order valence-corrected chi connectivity index (χ0v) is 41.5. The van der Waals surface area contributed by atoms with Crippen LogP contribution in [0.3, 0.4) is 0 Å². The number of hydrogen-bond acceptors (Lipinski definition) is 3. The van der Waals surface area contributed by atoms with Crippen molar-refractivity contribution in [1.82, 2.24) is 0 Å². The Morgan fingerprint density at radius 2 is 0.871 bits per heavy atom. The van der Waals surface area contributed by atoms with Gasteiger partial charge in [-0.1, -0.05) is 147 Å². The molecule has 0 heterocycles. The van der Waals surface area contributed by atoms with Crippen LogP contribution in [-0.4, -0.2) is 16.1 Å². The molecule has 0 radical (unpaired) electrons. The minimum absolute atomic E-state index is 0.113. The molecule has 10 rings (SSSR count). The molecule has 342 valence electrons. The quantitative estimate of drug-likeness (QED) is 0.0593. The van der Waals surface area contributed by atoms with Gasteiger partial charge in [0.05, 0.1) is 57.1 Å². The lowest BCUT2D eigenvalue weighted by Gasteiger charge is -2.30. The highest BCUT2D eigenvalue weighted by atomic mass is 28.3. The van der Waals surface area contributed by atoms with Crippen LogP contribution in [0.4, 0.5) is 57.4 Å². The lowest BCUT2D eigenvalue weighted by molar-refractivity contribution is 0.586. The van der Waals surface area contributed by atoms with E-state index in [0.29, 0.717) is 45.1 Å². The third kappa shape index (κ3) is 8.15. The number of hydrogen-bond donors (Lipinski definition) is 0. The van der Waals surface area contributed by atoms with Gasteiger partial charge >= 0.3 is 0 Å². The van der Waals surface area contributed by atoms with Crippen molar-refractivity contribution in [1.29, 1.82) is 5.26 Å². The number of anilines is 6. The Labute approximate surface area is 407 Å². The van der Waals surface area contributed by atoms with E-state index >= 15 is 17.6 Å². The molecule has 0 saturated carbocycles. The normalized spacial score (nSPS) is 11.8. The molecular formula is C60H46F4N4Si2. The Balaban J connectivity index is 1.21. The number of nitrogens with zero attached hydrogens (tertiary/aromatic N) is 4. The van der Waals surface area contributed by atoms with E-state index in [9.17, 15) is 5.26 Å². The second kappa shape index (κ2) is 17.5. The Hall–Kier alpha value is -8.03. The highest BCUT2D eigenvalue weighted by molar-refractivity contribution is 6.89. The Bertz CT molecular complexity index is 3520. The minimum Gasteiger partial charge on any atom is -0.307 e. The first kappa shape index (κ1) is 45.7. The third-order valence-electron chi connectivity index (χ3n) is 13.2. The standard InChI is InChI=1S/C60H46F4N4Si2/c1-66-42-20-24-44(25-21-42)68(58-33-50(52(62)35-54(58)64)41-11-9-13-46(31-41)70(5,6)7)56-29-19-39-16-26-47-55(28-18-38-17-27-48(56)60(39)59(38)47)67(43-22-14-37(36-65)15-23-43)57-32-49(51(61)34-53(57)63)40-10-8-12-45(30-40)69(2,3)4/h8-35H,2-7H3. The maximum atomic E-state index is 16.8. The Kier molecular flexibility index (Phi) is 11.4. The number of rotatable bonds is 10. The van der Waals surface area contributed by atoms with Gasteiger partial charge in [0.2, 0.25) is 0 Å². The summed E-state index contributed by atoms with van der Waals surface area (Å²) in [6.45, 7) is 21.0. The Morgan fingerprint density at radius 3 is 1.27 bits per heavy atom. The molecule has 10 aromatic rings. The van der Waals surface area contributed by atoms with Gasteiger partial charge in [0.15, 0.2) is 5.69 Å². The van der Waals surface area contributed by atoms with E-state index in [-0.39, 0.29) is 22.5 Å². The van der Waals surface area contributed by atoms with Gasteiger partial charge in [-0.05, 0) is 93.3 Å². The van der Waals surface area contributed by atoms with Gasteiger partial charge in [0.1, 0.15) is 23.3 Å². The second-order valence-corrected chi connectivity index (χ2v) is 29.9. The molecule has 0 aliphatic carbocycles. The molecule has 10 aromatic carbocycles. The van der Waals surface area contributed by atoms with E-state index in [4.69, 9.17) is 6.57 Å². The smallest absolute Gasteiger partial charge is 0.187 e. The van der Waals surface area contributed by atoms with Crippen molar-refractivity contribution in [3.63, 3.8) is 0 Å². The summed E-state index contributed by atoms with van der Waals surface area (Å²) >= 11 is 0. The largest absolute Gasteiger partial charge is 0.307 e. The van der Waals surface area contributed by atoms with Crippen LogP contribution in [0, 0.1) is 41.2 Å². The van der Waals surface area contributed by atoms with Gasteiger partial charge in [0, 0.05) is 45.4 Å². The van der Waals surface area contributed by atoms with E-state index < -0.39 is 39.4 Å². The zero-order valence-electron chi connectivity index (χ0n) is 39.5. The summed E-state index contributed by atoms with van der Waals surface area (Å²) in [6, 6.07) is 52.4. The first-order valence-electron chi connectivity index (χ1n) is 23.0. The molecule has 0 aliphatic heterocycles. The highest BCUT2D eigenvalue weighted by Crippen LogP contribution is 2.49. The van der Waals surface area contributed by atoms with Crippen molar-refractivity contribution < 1.29 is 17.6 Å². The van der Waals surface area contributed by atoms with Crippen LogP contribution in [0.5, 0.6) is 0 Å². The van der Waals surface area contributed by atoms with Gasteiger partial charge in [-0.25, -0.2) is 22.4 Å². The van der Waals surface area contributed by atoms with Crippen LogP contribution in [0.25, 0.3) is 59.4 Å². The molecule has 0 bridgehead atoms. The van der Waals surface area contributed by atoms with Gasteiger partial charge in [0.25, 0.3) is 0 Å². The molecule has 0 N–H and O–H groups in total. The molecule has 70 heavy (non-hydrogen) atoms. The molecular weight excluding hydrogens is 909 g/mol. The van der Waals surface area contributed by atoms with Crippen LogP contribution < -0.4 is 20.2 Å². The summed E-state index contributed by atoms with van der Waals surface area (Å²) < 4.78 is 65.7. The molecule has 0 unspecified atom stereocenters. The average molecular weight is 955 g/mol. The fourth-order valence-electron chi connectivity index (χ4n) is 9.50. The van der Waals surface area contributed by atoms with E-state index in [1.165, 1.54) is 0 Å². The fraction of sp³-hybridized carbons (Fsp3) is 0.100. The van der Waals surface area contributed by atoms with Gasteiger partial charge in [-0.3, -0.25) is 0 Å². The maximum absolute atomic E-state index is 16.8. The van der Waals surface area contributed by atoms with E-state index in [1.54, 1.807) is 70.5 Å². The number of benzene rings is 10. The summed E-state index contributed by atoms with van der Waals surface area (Å²) in [5.74, 6) is -2.91. The third-order valence-corrected chi connectivity index (χ3v) is 17.3. The van der Waals surface area contributed by atoms with Crippen LogP contribution in [0.1, 0.15) is 5.56 Å². The van der Waals surface area contributed by atoms with Crippen molar-refractivity contribution in [3.8, 4) is 28.3 Å².